The van der Waals surface area contributed by atoms with Gasteiger partial charge in [0.05, 0.1) is 13.1 Å². The summed E-state index contributed by atoms with van der Waals surface area (Å²) in [6.45, 7) is -3.21. The van der Waals surface area contributed by atoms with Crippen LogP contribution in [0.5, 0.6) is 5.75 Å². The summed E-state index contributed by atoms with van der Waals surface area (Å²) < 4.78 is 5.63. The van der Waals surface area contributed by atoms with Crippen molar-refractivity contribution in [2.75, 3.05) is 78.6 Å². The van der Waals surface area contributed by atoms with Gasteiger partial charge < -0.3 is 98.1 Å². The summed E-state index contributed by atoms with van der Waals surface area (Å²) in [5.41, 5.74) is 0.899. The Balaban J connectivity index is 1.70. The zero-order valence-electron chi connectivity index (χ0n) is 56.5. The summed E-state index contributed by atoms with van der Waals surface area (Å²) in [7, 11) is 0. The lowest BCUT2D eigenvalue weighted by Gasteiger charge is -2.37. The molecule has 0 spiro atoms. The Morgan fingerprint density at radius 1 is 0.356 bits per heavy atom. The van der Waals surface area contributed by atoms with Gasteiger partial charge in [-0.25, -0.2) is 19.2 Å². The average Bonchev–Trinajstić information content (AvgIpc) is 0.876. The molecule has 0 aromatic heterocycles. The number of ether oxygens (including phenoxy) is 1. The first-order chi connectivity index (χ1) is 49.1. The molecule has 574 valence electrons. The second-order valence-electron chi connectivity index (χ2n) is 24.1. The summed E-state index contributed by atoms with van der Waals surface area (Å²) in [6.07, 6.45) is -6.32. The first kappa shape index (κ1) is 87.1. The Labute approximate surface area is 593 Å². The van der Waals surface area contributed by atoms with Crippen molar-refractivity contribution in [2.45, 2.75) is 145 Å². The molecule has 0 saturated carbocycles. The number of carboxylic acid groups (broad SMARTS) is 11. The van der Waals surface area contributed by atoms with E-state index in [4.69, 9.17) is 9.84 Å². The van der Waals surface area contributed by atoms with Crippen molar-refractivity contribution < 1.29 is 142 Å². The molecule has 7 amide bonds. The lowest BCUT2D eigenvalue weighted by Crippen LogP contribution is -2.56. The van der Waals surface area contributed by atoms with Gasteiger partial charge in [-0.05, 0) is 74.6 Å². The van der Waals surface area contributed by atoms with Gasteiger partial charge in [-0.2, -0.15) is 0 Å². The Morgan fingerprint density at radius 2 is 0.750 bits per heavy atom. The molecule has 1 saturated heterocycles. The number of unbranched alkanes of at least 4 members (excludes halogenated alkanes) is 1. The maximum Gasteiger partial charge on any atom is 0.326 e. The lowest BCUT2D eigenvalue weighted by atomic mass is 10.0. The van der Waals surface area contributed by atoms with Crippen LogP contribution in [0.1, 0.15) is 94.6 Å². The Morgan fingerprint density at radius 3 is 1.19 bits per heavy atom. The van der Waals surface area contributed by atoms with Crippen LogP contribution in [0.15, 0.2) is 54.6 Å². The number of nitrogens with zero attached hydrogens (tertiary/aromatic N) is 4. The summed E-state index contributed by atoms with van der Waals surface area (Å²) >= 11 is 0. The highest BCUT2D eigenvalue weighted by molar-refractivity contribution is 5.94. The van der Waals surface area contributed by atoms with E-state index in [0.29, 0.717) is 5.56 Å². The summed E-state index contributed by atoms with van der Waals surface area (Å²) in [4.78, 5) is 217. The number of benzene rings is 2. The van der Waals surface area contributed by atoms with Gasteiger partial charge in [0.1, 0.15) is 54.1 Å². The summed E-state index contributed by atoms with van der Waals surface area (Å²) in [5, 5.41) is 123. The van der Waals surface area contributed by atoms with Crippen LogP contribution in [0.4, 0.5) is 4.79 Å². The van der Waals surface area contributed by atoms with E-state index >= 15 is 0 Å². The highest BCUT2D eigenvalue weighted by atomic mass is 16.5. The molecular formula is C64H89N11O29. The number of urea groups is 1. The van der Waals surface area contributed by atoms with Gasteiger partial charge in [-0.15, -0.1) is 0 Å². The minimum absolute atomic E-state index is 0.00712. The van der Waals surface area contributed by atoms with E-state index in [1.54, 1.807) is 30.3 Å². The third kappa shape index (κ3) is 35.0. The van der Waals surface area contributed by atoms with Gasteiger partial charge in [0.15, 0.2) is 6.61 Å². The number of carbonyl (C=O) groups is 17. The summed E-state index contributed by atoms with van der Waals surface area (Å²) in [5.74, 6) is -20.4. The zero-order valence-corrected chi connectivity index (χ0v) is 56.5. The number of rotatable bonds is 47. The van der Waals surface area contributed by atoms with Crippen LogP contribution in [0.2, 0.25) is 0 Å². The molecule has 104 heavy (non-hydrogen) atoms. The van der Waals surface area contributed by atoms with Gasteiger partial charge in [-0.3, -0.25) is 81.9 Å². The maximum atomic E-state index is 13.9. The van der Waals surface area contributed by atoms with Gasteiger partial charge in [0.25, 0.3) is 5.91 Å². The van der Waals surface area contributed by atoms with Crippen molar-refractivity contribution in [1.29, 1.82) is 0 Å². The summed E-state index contributed by atoms with van der Waals surface area (Å²) in [6, 6.07) is 0.208. The molecule has 3 rings (SSSR count). The quantitative estimate of drug-likeness (QED) is 0.0292. The van der Waals surface area contributed by atoms with Crippen LogP contribution in [-0.2, 0) is 89.6 Å². The number of nitrogens with one attached hydrogen (secondary N) is 7. The zero-order chi connectivity index (χ0) is 77.6. The number of aliphatic carboxylic acids is 11. The largest absolute Gasteiger partial charge is 0.484 e. The van der Waals surface area contributed by atoms with Crippen LogP contribution in [0.25, 0.3) is 0 Å². The van der Waals surface area contributed by atoms with Crippen LogP contribution >= 0.6 is 0 Å². The van der Waals surface area contributed by atoms with E-state index in [-0.39, 0.29) is 102 Å². The fourth-order valence-electron chi connectivity index (χ4n) is 10.7. The molecule has 1 fully saturated rings. The van der Waals surface area contributed by atoms with Crippen LogP contribution in [0, 0.1) is 0 Å². The van der Waals surface area contributed by atoms with Gasteiger partial charge in [0, 0.05) is 104 Å². The highest BCUT2D eigenvalue weighted by Gasteiger charge is 2.35. The molecule has 2 aromatic rings. The molecule has 2 aromatic carbocycles. The monoisotopic (exact) mass is 1480 g/mol. The van der Waals surface area contributed by atoms with Crippen molar-refractivity contribution in [3.8, 4) is 5.75 Å². The minimum Gasteiger partial charge on any atom is -0.484 e. The molecule has 18 N–H and O–H groups in total. The Kier molecular flexibility index (Phi) is 38.3. The molecule has 2 unspecified atom stereocenters. The van der Waals surface area contributed by atoms with E-state index in [9.17, 15) is 133 Å². The third-order valence-corrected chi connectivity index (χ3v) is 16.2. The van der Waals surface area contributed by atoms with E-state index in [2.05, 4.69) is 31.9 Å². The van der Waals surface area contributed by atoms with Crippen LogP contribution < -0.4 is 42.0 Å². The van der Waals surface area contributed by atoms with E-state index in [1.165, 1.54) is 43.9 Å². The van der Waals surface area contributed by atoms with E-state index in [1.807, 2.05) is 5.32 Å². The number of hydrogen-bond acceptors (Lipinski definition) is 22. The number of hydrogen-bond donors (Lipinski definition) is 18. The van der Waals surface area contributed by atoms with Crippen molar-refractivity contribution >= 4 is 101 Å². The number of carbonyl (C=O) groups excluding carboxylic acids is 6. The molecule has 8 atom stereocenters. The first-order valence-electron chi connectivity index (χ1n) is 32.8. The second kappa shape index (κ2) is 45.7. The first-order valence-corrected chi connectivity index (χ1v) is 32.8. The van der Waals surface area contributed by atoms with E-state index < -0.39 is 233 Å². The predicted octanol–water partition coefficient (Wildman–Crippen LogP) is -3.10. The molecule has 1 heterocycles. The fourth-order valence-corrected chi connectivity index (χ4v) is 10.7. The predicted molar refractivity (Wildman–Crippen MR) is 353 cm³/mol. The normalized spacial score (nSPS) is 15.6. The fraction of sp³-hybridized carbons (Fsp3) is 0.547. The van der Waals surface area contributed by atoms with E-state index in [0.717, 1.165) is 0 Å². The molecule has 0 radical (unpaired) electrons. The van der Waals surface area contributed by atoms with Gasteiger partial charge in [-0.1, -0.05) is 42.5 Å². The molecule has 0 aliphatic carbocycles. The molecular weight excluding hydrogens is 1390 g/mol. The maximum absolute atomic E-state index is 13.9. The highest BCUT2D eigenvalue weighted by Crippen LogP contribution is 2.18. The number of amides is 7. The molecule has 40 nitrogen and oxygen atoms in total. The molecule has 40 heteroatoms. The standard InChI is InChI=1S/C64H89N11O29/c76-48(18-16-46(62(99)100)74-28-24-72(34-54(86)87)26-30-75(47(63(101)102)17-22-53(84)85)31-27-73(25-29-74)35-55(88)89)66-40(13-19-50(78)79)57(91)68-41(14-20-51(80)81)58(92)69-45(61(97)98)33-38-9-11-39(12-10-38)104-36-49(77)67-44(32-37-6-2-1-3-7-37)56(90)65-23-5-4-8-42(59(93)94)70-64(103)71-43(60(95)96)15-21-52(82)83/h1-3,6-7,9-12,40-47H,4-5,8,13-36H2,(H,65,90)(H,66,76)(H,67,77)(H,68,91)(H,69,92)(H,78,79)(H,80,81)(H,82,83)(H,84,85)(H,86,87)(H,88,89)(H,93,94)(H,95,96)(H,97,98)(H,99,100)(H,101,102)(H2,70,71,103)/t40-,41-,42-,43-,44-,45-,46?,47?/m0/s1. The lowest BCUT2D eigenvalue weighted by molar-refractivity contribution is -0.146. The minimum atomic E-state index is -1.84. The molecule has 1 aliphatic heterocycles. The SMILES string of the molecule is O=C(O)CCC(C(=O)O)N1CCN(CC(=O)O)CCN(C(CCC(=O)N[C@@H](CCC(=O)O)C(=O)N[C@@H](CCC(=O)O)C(=O)N[C@@H](Cc2ccc(OCC(=O)N[C@@H](Cc3ccccc3)C(=O)NCCCC[C@H](NC(=O)N[C@@H](CCC(=O)O)C(=O)O)C(=O)O)cc2)C(=O)O)C(=O)O)CCN(CC(=O)O)CC1. The van der Waals surface area contributed by atoms with Crippen molar-refractivity contribution in [3.63, 3.8) is 0 Å². The molecule has 0 bridgehead atoms. The smallest absolute Gasteiger partial charge is 0.326 e. The average molecular weight is 1480 g/mol. The van der Waals surface area contributed by atoms with Crippen LogP contribution in [0.3, 0.4) is 0 Å². The van der Waals surface area contributed by atoms with Crippen molar-refractivity contribution in [2.24, 2.45) is 0 Å². The Hall–Kier alpha value is -11.1. The van der Waals surface area contributed by atoms with Crippen molar-refractivity contribution in [3.05, 3.63) is 65.7 Å². The van der Waals surface area contributed by atoms with Gasteiger partial charge >= 0.3 is 71.7 Å². The van der Waals surface area contributed by atoms with Crippen LogP contribution in [-0.4, -0.2) is 304 Å². The number of carboxylic acids is 11. The van der Waals surface area contributed by atoms with Gasteiger partial charge in [0.2, 0.25) is 23.6 Å². The topological polar surface area (TPSA) is 619 Å². The van der Waals surface area contributed by atoms with Crippen molar-refractivity contribution in [1.82, 2.24) is 56.8 Å². The molecule has 1 aliphatic rings. The second-order valence-corrected chi connectivity index (χ2v) is 24.1. The third-order valence-electron chi connectivity index (χ3n) is 16.2. The Bertz CT molecular complexity index is 3280.